The number of pyridine rings is 1. The molecule has 0 radical (unpaired) electrons. The number of hydrogen-bond donors (Lipinski definition) is 1. The number of fused-ring (bicyclic) bond motifs is 1. The number of hydrogen-bond acceptors (Lipinski definition) is 3. The van der Waals surface area contributed by atoms with Crippen LogP contribution in [0.3, 0.4) is 0 Å². The van der Waals surface area contributed by atoms with Crippen LogP contribution in [0.4, 0.5) is 5.69 Å². The van der Waals surface area contributed by atoms with E-state index in [2.05, 4.69) is 11.1 Å². The Morgan fingerprint density at radius 1 is 1.31 bits per heavy atom. The maximum Gasteiger partial charge on any atom is 0.101 e. The molecule has 0 saturated heterocycles. The minimum Gasteiger partial charge on any atom is -0.398 e. The van der Waals surface area contributed by atoms with Crippen molar-refractivity contribution in [3.8, 4) is 6.07 Å². The van der Waals surface area contributed by atoms with Crippen LogP contribution in [-0.4, -0.2) is 4.98 Å². The van der Waals surface area contributed by atoms with Gasteiger partial charge < -0.3 is 5.73 Å². The lowest BCUT2D eigenvalue weighted by molar-refractivity contribution is 1.34. The topological polar surface area (TPSA) is 62.7 Å². The summed E-state index contributed by atoms with van der Waals surface area (Å²) in [6.07, 6.45) is 3.23. The van der Waals surface area contributed by atoms with Gasteiger partial charge in [-0.3, -0.25) is 4.98 Å². The van der Waals surface area contributed by atoms with E-state index in [1.807, 2.05) is 12.1 Å². The van der Waals surface area contributed by atoms with Crippen molar-refractivity contribution in [1.82, 2.24) is 4.98 Å². The molecule has 0 saturated carbocycles. The van der Waals surface area contributed by atoms with Gasteiger partial charge in [0.25, 0.3) is 0 Å². The van der Waals surface area contributed by atoms with Gasteiger partial charge in [-0.15, -0.1) is 0 Å². The molecular formula is C10H7N3. The Morgan fingerprint density at radius 2 is 2.15 bits per heavy atom. The van der Waals surface area contributed by atoms with Gasteiger partial charge in [-0.05, 0) is 6.07 Å². The zero-order valence-electron chi connectivity index (χ0n) is 6.86. The number of rotatable bonds is 0. The highest BCUT2D eigenvalue weighted by Crippen LogP contribution is 2.22. The molecule has 3 nitrogen and oxygen atoms in total. The fraction of sp³-hybridized carbons (Fsp3) is 0. The fourth-order valence-corrected chi connectivity index (χ4v) is 1.35. The third kappa shape index (κ3) is 1.09. The lowest BCUT2D eigenvalue weighted by Crippen LogP contribution is -1.90. The van der Waals surface area contributed by atoms with Crippen LogP contribution in [0.5, 0.6) is 0 Å². The lowest BCUT2D eigenvalue weighted by atomic mass is 10.1. The highest BCUT2D eigenvalue weighted by atomic mass is 14.6. The van der Waals surface area contributed by atoms with Crippen molar-refractivity contribution >= 4 is 16.5 Å². The van der Waals surface area contributed by atoms with Gasteiger partial charge in [-0.2, -0.15) is 5.26 Å². The van der Waals surface area contributed by atoms with E-state index >= 15 is 0 Å². The smallest absolute Gasteiger partial charge is 0.101 e. The van der Waals surface area contributed by atoms with Gasteiger partial charge in [0.05, 0.1) is 5.56 Å². The Hall–Kier alpha value is -2.08. The number of aromatic nitrogens is 1. The summed E-state index contributed by atoms with van der Waals surface area (Å²) >= 11 is 0. The van der Waals surface area contributed by atoms with E-state index in [9.17, 15) is 0 Å². The molecule has 0 atom stereocenters. The van der Waals surface area contributed by atoms with E-state index in [-0.39, 0.29) is 0 Å². The number of nitrogens with zero attached hydrogens (tertiary/aromatic N) is 2. The molecule has 13 heavy (non-hydrogen) atoms. The molecule has 2 N–H and O–H groups in total. The van der Waals surface area contributed by atoms with Crippen molar-refractivity contribution in [2.24, 2.45) is 0 Å². The van der Waals surface area contributed by atoms with E-state index < -0.39 is 0 Å². The van der Waals surface area contributed by atoms with Gasteiger partial charge in [0, 0.05) is 28.9 Å². The zero-order chi connectivity index (χ0) is 9.26. The Bertz CT molecular complexity index is 492. The SMILES string of the molecule is N#Cc1cncc2cccc(N)c12. The molecule has 1 heterocycles. The largest absolute Gasteiger partial charge is 0.398 e. The van der Waals surface area contributed by atoms with Gasteiger partial charge in [0.1, 0.15) is 6.07 Å². The summed E-state index contributed by atoms with van der Waals surface area (Å²) in [6, 6.07) is 7.59. The molecule has 1 aromatic carbocycles. The highest BCUT2D eigenvalue weighted by Gasteiger charge is 2.02. The highest BCUT2D eigenvalue weighted by molar-refractivity contribution is 5.96. The minimum atomic E-state index is 0.524. The lowest BCUT2D eigenvalue weighted by Gasteiger charge is -2.01. The first kappa shape index (κ1) is 7.56. The van der Waals surface area contributed by atoms with Crippen molar-refractivity contribution in [3.63, 3.8) is 0 Å². The van der Waals surface area contributed by atoms with Crippen LogP contribution in [-0.2, 0) is 0 Å². The van der Waals surface area contributed by atoms with Gasteiger partial charge in [0.15, 0.2) is 0 Å². The normalized spacial score (nSPS) is 9.77. The molecule has 62 valence electrons. The molecule has 0 amide bonds. The van der Waals surface area contributed by atoms with Crippen molar-refractivity contribution in [2.45, 2.75) is 0 Å². The number of nitrogen functional groups attached to an aromatic ring is 1. The van der Waals surface area contributed by atoms with Crippen molar-refractivity contribution in [2.75, 3.05) is 5.73 Å². The average Bonchev–Trinajstić information content (AvgIpc) is 2.17. The minimum absolute atomic E-state index is 0.524. The Balaban J connectivity index is 2.97. The van der Waals surface area contributed by atoms with Crippen LogP contribution in [0.1, 0.15) is 5.56 Å². The van der Waals surface area contributed by atoms with Gasteiger partial charge in [0.2, 0.25) is 0 Å². The Kier molecular flexibility index (Phi) is 1.60. The van der Waals surface area contributed by atoms with Crippen molar-refractivity contribution in [3.05, 3.63) is 36.2 Å². The molecule has 1 aromatic heterocycles. The number of nitriles is 1. The molecule has 0 aliphatic heterocycles. The monoisotopic (exact) mass is 169 g/mol. The molecule has 0 fully saturated rings. The maximum absolute atomic E-state index is 8.81. The summed E-state index contributed by atoms with van der Waals surface area (Å²) < 4.78 is 0. The van der Waals surface area contributed by atoms with Crippen molar-refractivity contribution in [1.29, 1.82) is 5.26 Å². The summed E-state index contributed by atoms with van der Waals surface area (Å²) in [6.45, 7) is 0. The molecule has 2 aromatic rings. The van der Waals surface area contributed by atoms with Gasteiger partial charge >= 0.3 is 0 Å². The van der Waals surface area contributed by atoms with Crippen LogP contribution in [0.15, 0.2) is 30.6 Å². The predicted molar refractivity (Wildman–Crippen MR) is 50.9 cm³/mol. The average molecular weight is 169 g/mol. The number of anilines is 1. The summed E-state index contributed by atoms with van der Waals surface area (Å²) in [5.74, 6) is 0. The van der Waals surface area contributed by atoms with Crippen LogP contribution < -0.4 is 5.73 Å². The third-order valence-corrected chi connectivity index (χ3v) is 1.94. The molecular weight excluding hydrogens is 162 g/mol. The Labute approximate surface area is 75.4 Å². The quantitative estimate of drug-likeness (QED) is 0.610. The zero-order valence-corrected chi connectivity index (χ0v) is 6.86. The van der Waals surface area contributed by atoms with Crippen molar-refractivity contribution < 1.29 is 0 Å². The molecule has 0 aliphatic carbocycles. The standard InChI is InChI=1S/C10H7N3/c11-4-8-6-13-5-7-2-1-3-9(12)10(7)8/h1-3,5-6H,12H2. The summed E-state index contributed by atoms with van der Waals surface area (Å²) in [5.41, 5.74) is 6.90. The van der Waals surface area contributed by atoms with E-state index in [1.54, 1.807) is 12.3 Å². The van der Waals surface area contributed by atoms with E-state index in [4.69, 9.17) is 11.0 Å². The number of benzene rings is 1. The first-order valence-electron chi connectivity index (χ1n) is 3.85. The predicted octanol–water partition coefficient (Wildman–Crippen LogP) is 1.69. The van der Waals surface area contributed by atoms with Crippen LogP contribution in [0.25, 0.3) is 10.8 Å². The number of nitrogens with two attached hydrogens (primary N) is 1. The maximum atomic E-state index is 8.81. The molecule has 0 unspecified atom stereocenters. The van der Waals surface area contributed by atoms with E-state index in [0.717, 1.165) is 10.8 Å². The molecule has 0 bridgehead atoms. The van der Waals surface area contributed by atoms with E-state index in [0.29, 0.717) is 11.3 Å². The van der Waals surface area contributed by atoms with Crippen LogP contribution >= 0.6 is 0 Å². The second-order valence-electron chi connectivity index (χ2n) is 2.74. The molecule has 2 rings (SSSR count). The summed E-state index contributed by atoms with van der Waals surface area (Å²) in [5, 5.41) is 10.5. The second kappa shape index (κ2) is 2.76. The molecule has 0 spiro atoms. The summed E-state index contributed by atoms with van der Waals surface area (Å²) in [4.78, 5) is 3.95. The molecule has 0 aliphatic rings. The van der Waals surface area contributed by atoms with Gasteiger partial charge in [-0.25, -0.2) is 0 Å². The van der Waals surface area contributed by atoms with Gasteiger partial charge in [-0.1, -0.05) is 12.1 Å². The second-order valence-corrected chi connectivity index (χ2v) is 2.74. The first-order valence-corrected chi connectivity index (χ1v) is 3.85. The fourth-order valence-electron chi connectivity index (χ4n) is 1.35. The van der Waals surface area contributed by atoms with Crippen LogP contribution in [0.2, 0.25) is 0 Å². The molecule has 3 heteroatoms. The summed E-state index contributed by atoms with van der Waals surface area (Å²) in [7, 11) is 0. The Morgan fingerprint density at radius 3 is 2.92 bits per heavy atom. The van der Waals surface area contributed by atoms with E-state index in [1.165, 1.54) is 6.20 Å². The van der Waals surface area contributed by atoms with Crippen LogP contribution in [0, 0.1) is 11.3 Å². The first-order chi connectivity index (χ1) is 6.33. The third-order valence-electron chi connectivity index (χ3n) is 1.94.